The molecule has 0 bridgehead atoms. The van der Waals surface area contributed by atoms with E-state index in [1.165, 1.54) is 24.3 Å². The van der Waals surface area contributed by atoms with Crippen molar-refractivity contribution in [3.05, 3.63) is 21.9 Å². The van der Waals surface area contributed by atoms with Gasteiger partial charge in [-0.1, -0.05) is 0 Å². The van der Waals surface area contributed by atoms with E-state index < -0.39 is 12.0 Å². The maximum absolute atomic E-state index is 11.7. The van der Waals surface area contributed by atoms with Crippen molar-refractivity contribution in [2.75, 3.05) is 0 Å². The summed E-state index contributed by atoms with van der Waals surface area (Å²) < 4.78 is 0. The van der Waals surface area contributed by atoms with Crippen LogP contribution in [-0.4, -0.2) is 28.8 Å². The lowest BCUT2D eigenvalue weighted by Gasteiger charge is -2.09. The third-order valence-corrected chi connectivity index (χ3v) is 3.02. The Morgan fingerprint density at radius 3 is 2.59 bits per heavy atom. The zero-order valence-corrected chi connectivity index (χ0v) is 10.3. The summed E-state index contributed by atoms with van der Waals surface area (Å²) >= 11 is 1.17. The molecule has 0 aliphatic rings. The Labute approximate surface area is 102 Å². The lowest BCUT2D eigenvalue weighted by Crippen LogP contribution is -2.33. The summed E-state index contributed by atoms with van der Waals surface area (Å²) in [6.45, 7) is 3.04. The number of Topliss-reactive ketones (excluding diaryl/α,β-unsaturated/α-hetero) is 1. The van der Waals surface area contributed by atoms with Gasteiger partial charge in [-0.15, -0.1) is 11.3 Å². The topological polar surface area (TPSA) is 83.5 Å². The quantitative estimate of drug-likeness (QED) is 0.782. The average Bonchev–Trinajstić information content (AvgIpc) is 2.64. The zero-order valence-electron chi connectivity index (χ0n) is 9.52. The Balaban J connectivity index is 2.63. The molecule has 0 fully saturated rings. The van der Waals surface area contributed by atoms with Crippen molar-refractivity contribution in [1.82, 2.24) is 5.32 Å². The first-order valence-electron chi connectivity index (χ1n) is 5.02. The maximum Gasteiger partial charge on any atom is 0.305 e. The fourth-order valence-electron chi connectivity index (χ4n) is 1.25. The maximum atomic E-state index is 11.7. The van der Waals surface area contributed by atoms with Crippen LogP contribution in [0.15, 0.2) is 11.4 Å². The minimum Gasteiger partial charge on any atom is -0.481 e. The smallest absolute Gasteiger partial charge is 0.305 e. The van der Waals surface area contributed by atoms with E-state index >= 15 is 0 Å². The highest BCUT2D eigenvalue weighted by Gasteiger charge is 2.15. The molecule has 6 heteroatoms. The molecule has 0 aliphatic heterocycles. The average molecular weight is 255 g/mol. The number of hydrogen-bond acceptors (Lipinski definition) is 4. The Bertz CT molecular complexity index is 452. The van der Waals surface area contributed by atoms with Crippen molar-refractivity contribution < 1.29 is 19.5 Å². The first-order chi connectivity index (χ1) is 7.90. The minimum absolute atomic E-state index is 0.0983. The third kappa shape index (κ3) is 3.99. The van der Waals surface area contributed by atoms with Gasteiger partial charge < -0.3 is 10.4 Å². The molecular weight excluding hydrogens is 242 g/mol. The Morgan fingerprint density at radius 2 is 2.12 bits per heavy atom. The summed E-state index contributed by atoms with van der Waals surface area (Å²) in [7, 11) is 0. The molecule has 1 aromatic rings. The molecule has 92 valence electrons. The second-order valence-corrected chi connectivity index (χ2v) is 4.64. The fourth-order valence-corrected chi connectivity index (χ4v) is 2.10. The van der Waals surface area contributed by atoms with Gasteiger partial charge in [-0.2, -0.15) is 0 Å². The molecule has 1 aromatic heterocycles. The number of nitrogens with one attached hydrogen (secondary N) is 1. The standard InChI is InChI=1S/C11H13NO4S/c1-6(3-10(14)15)12-11(16)9-4-8(5-17-9)7(2)13/h4-6H,3H2,1-2H3,(H,12,16)(H,14,15)/t6-/m1/s1. The molecule has 1 heterocycles. The van der Waals surface area contributed by atoms with Crippen LogP contribution in [0.25, 0.3) is 0 Å². The highest BCUT2D eigenvalue weighted by atomic mass is 32.1. The van der Waals surface area contributed by atoms with Gasteiger partial charge in [-0.05, 0) is 19.9 Å². The lowest BCUT2D eigenvalue weighted by atomic mass is 10.2. The van der Waals surface area contributed by atoms with Crippen LogP contribution in [0.5, 0.6) is 0 Å². The summed E-state index contributed by atoms with van der Waals surface area (Å²) in [6, 6.07) is 1.07. The van der Waals surface area contributed by atoms with Crippen LogP contribution < -0.4 is 5.32 Å². The van der Waals surface area contributed by atoms with Gasteiger partial charge in [0.2, 0.25) is 0 Å². The van der Waals surface area contributed by atoms with Crippen molar-refractivity contribution in [2.45, 2.75) is 26.3 Å². The van der Waals surface area contributed by atoms with Crippen LogP contribution in [-0.2, 0) is 4.79 Å². The van der Waals surface area contributed by atoms with Crippen molar-refractivity contribution in [3.63, 3.8) is 0 Å². The number of amides is 1. The van der Waals surface area contributed by atoms with Gasteiger partial charge in [-0.3, -0.25) is 14.4 Å². The van der Waals surface area contributed by atoms with Gasteiger partial charge in [0.05, 0.1) is 11.3 Å². The molecule has 0 spiro atoms. The Hall–Kier alpha value is -1.69. The van der Waals surface area contributed by atoms with E-state index in [1.807, 2.05) is 0 Å². The van der Waals surface area contributed by atoms with E-state index in [4.69, 9.17) is 5.11 Å². The highest BCUT2D eigenvalue weighted by Crippen LogP contribution is 2.15. The Morgan fingerprint density at radius 1 is 1.47 bits per heavy atom. The minimum atomic E-state index is -0.964. The fraction of sp³-hybridized carbons (Fsp3) is 0.364. The molecule has 1 rings (SSSR count). The summed E-state index contributed by atoms with van der Waals surface area (Å²) in [5.74, 6) is -1.41. The van der Waals surface area contributed by atoms with E-state index in [2.05, 4.69) is 5.32 Å². The van der Waals surface area contributed by atoms with E-state index in [9.17, 15) is 14.4 Å². The van der Waals surface area contributed by atoms with E-state index in [0.717, 1.165) is 0 Å². The number of carboxylic acids is 1. The normalized spacial score (nSPS) is 11.9. The zero-order chi connectivity index (χ0) is 13.0. The van der Waals surface area contributed by atoms with Gasteiger partial charge in [0.25, 0.3) is 5.91 Å². The van der Waals surface area contributed by atoms with E-state index in [-0.39, 0.29) is 18.1 Å². The summed E-state index contributed by atoms with van der Waals surface area (Å²) in [5.41, 5.74) is 0.492. The molecule has 5 nitrogen and oxygen atoms in total. The number of carbonyl (C=O) groups is 3. The largest absolute Gasteiger partial charge is 0.481 e. The van der Waals surface area contributed by atoms with Gasteiger partial charge in [-0.25, -0.2) is 0 Å². The number of thiophene rings is 1. The second kappa shape index (κ2) is 5.58. The van der Waals surface area contributed by atoms with Crippen LogP contribution in [0.1, 0.15) is 40.3 Å². The summed E-state index contributed by atoms with van der Waals surface area (Å²) in [4.78, 5) is 33.6. The molecule has 0 unspecified atom stereocenters. The van der Waals surface area contributed by atoms with Crippen LogP contribution in [0.3, 0.4) is 0 Å². The lowest BCUT2D eigenvalue weighted by molar-refractivity contribution is -0.137. The number of ketones is 1. The van der Waals surface area contributed by atoms with Gasteiger partial charge in [0.1, 0.15) is 0 Å². The molecule has 0 aromatic carbocycles. The first-order valence-corrected chi connectivity index (χ1v) is 5.90. The Kier molecular flexibility index (Phi) is 4.39. The van der Waals surface area contributed by atoms with Crippen molar-refractivity contribution in [3.8, 4) is 0 Å². The van der Waals surface area contributed by atoms with E-state index in [1.54, 1.807) is 12.3 Å². The van der Waals surface area contributed by atoms with E-state index in [0.29, 0.717) is 10.4 Å². The monoisotopic (exact) mass is 255 g/mol. The molecule has 0 saturated heterocycles. The molecule has 1 atom stereocenters. The highest BCUT2D eigenvalue weighted by molar-refractivity contribution is 7.12. The first kappa shape index (κ1) is 13.4. The van der Waals surface area contributed by atoms with Crippen molar-refractivity contribution in [2.24, 2.45) is 0 Å². The molecule has 0 aliphatic carbocycles. The molecule has 1 amide bonds. The number of hydrogen-bond donors (Lipinski definition) is 2. The number of aliphatic carboxylic acids is 1. The van der Waals surface area contributed by atoms with Crippen molar-refractivity contribution >= 4 is 29.0 Å². The SMILES string of the molecule is CC(=O)c1csc(C(=O)N[C@H](C)CC(=O)O)c1. The predicted molar refractivity (Wildman–Crippen MR) is 63.5 cm³/mol. The summed E-state index contributed by atoms with van der Waals surface area (Å²) in [6.07, 6.45) is -0.128. The number of rotatable bonds is 5. The third-order valence-electron chi connectivity index (χ3n) is 2.09. The molecule has 2 N–H and O–H groups in total. The molecule has 0 saturated carbocycles. The van der Waals surface area contributed by atoms with Gasteiger partial charge in [0.15, 0.2) is 5.78 Å². The molecule has 17 heavy (non-hydrogen) atoms. The van der Waals surface area contributed by atoms with Crippen LogP contribution >= 0.6 is 11.3 Å². The molecule has 0 radical (unpaired) electrons. The number of carboxylic acid groups (broad SMARTS) is 1. The van der Waals surface area contributed by atoms with Crippen LogP contribution in [0.2, 0.25) is 0 Å². The van der Waals surface area contributed by atoms with Gasteiger partial charge in [0, 0.05) is 17.0 Å². The predicted octanol–water partition coefficient (Wildman–Crippen LogP) is 1.54. The van der Waals surface area contributed by atoms with Gasteiger partial charge >= 0.3 is 5.97 Å². The number of carbonyl (C=O) groups excluding carboxylic acids is 2. The molecular formula is C11H13NO4S. The van der Waals surface area contributed by atoms with Crippen molar-refractivity contribution in [1.29, 1.82) is 0 Å². The van der Waals surface area contributed by atoms with Crippen LogP contribution in [0, 0.1) is 0 Å². The summed E-state index contributed by atoms with van der Waals surface area (Å²) in [5, 5.41) is 12.7. The second-order valence-electron chi connectivity index (χ2n) is 3.73. The van der Waals surface area contributed by atoms with Crippen LogP contribution in [0.4, 0.5) is 0 Å².